The predicted octanol–water partition coefficient (Wildman–Crippen LogP) is -0.620. The van der Waals surface area contributed by atoms with E-state index in [1.165, 1.54) is 67.2 Å². The van der Waals surface area contributed by atoms with Crippen molar-refractivity contribution in [3.05, 3.63) is 95.6 Å². The number of nitrogens with two attached hydrogens (primary N) is 1. The normalized spacial score (nSPS) is 15.1. The number of phenols is 2. The summed E-state index contributed by atoms with van der Waals surface area (Å²) in [5.41, 5.74) is 7.59. The fourth-order valence-corrected chi connectivity index (χ4v) is 8.10. The zero-order valence-electron chi connectivity index (χ0n) is 43.7. The molecule has 10 atom stereocenters. The number of amides is 8. The molecule has 22 nitrogen and oxygen atoms in total. The van der Waals surface area contributed by atoms with Crippen LogP contribution in [0.15, 0.2) is 78.9 Å². The van der Waals surface area contributed by atoms with Crippen LogP contribution < -0.4 is 48.3 Å². The van der Waals surface area contributed by atoms with Crippen molar-refractivity contribution >= 4 is 65.3 Å². The van der Waals surface area contributed by atoms with Crippen LogP contribution in [0.4, 0.5) is 0 Å². The summed E-state index contributed by atoms with van der Waals surface area (Å²) in [7, 11) is 0. The van der Waals surface area contributed by atoms with E-state index in [0.29, 0.717) is 29.6 Å². The molecule has 0 heterocycles. The van der Waals surface area contributed by atoms with E-state index in [0.717, 1.165) is 5.56 Å². The minimum absolute atomic E-state index is 0.0218. The molecule has 3 aromatic carbocycles. The van der Waals surface area contributed by atoms with Crippen molar-refractivity contribution < 1.29 is 63.6 Å². The lowest BCUT2D eigenvalue weighted by atomic mass is 9.96. The predicted molar refractivity (Wildman–Crippen MR) is 285 cm³/mol. The van der Waals surface area contributed by atoms with Gasteiger partial charge in [0.1, 0.15) is 60.1 Å². The molecule has 14 N–H and O–H groups in total. The smallest absolute Gasteiger partial charge is 0.245 e. The maximum Gasteiger partial charge on any atom is 0.245 e. The molecule has 0 aliphatic heterocycles. The van der Waals surface area contributed by atoms with Crippen LogP contribution in [0.5, 0.6) is 11.5 Å². The molecule has 0 unspecified atom stereocenters. The van der Waals surface area contributed by atoms with Gasteiger partial charge in [-0.15, -0.1) is 0 Å². The molecule has 0 saturated carbocycles. The molecule has 0 fully saturated rings. The summed E-state index contributed by atoms with van der Waals surface area (Å²) in [5.74, 6) is -6.96. The Morgan fingerprint density at radius 2 is 1.08 bits per heavy atom. The van der Waals surface area contributed by atoms with Gasteiger partial charge in [0.25, 0.3) is 0 Å². The number of aliphatic hydroxyl groups excluding tert-OH is 2. The van der Waals surface area contributed by atoms with E-state index < -0.39 is 121 Å². The number of rotatable bonds is 32. The highest BCUT2D eigenvalue weighted by Gasteiger charge is 2.34. The molecule has 0 aromatic heterocycles. The van der Waals surface area contributed by atoms with E-state index in [2.05, 4.69) is 42.5 Å². The monoisotopic (exact) mass is 1080 g/mol. The van der Waals surface area contributed by atoms with Crippen LogP contribution in [0.1, 0.15) is 70.6 Å². The summed E-state index contributed by atoms with van der Waals surface area (Å²) in [6.07, 6.45) is 1.65. The lowest BCUT2D eigenvalue weighted by Gasteiger charge is -2.28. The number of hydrogen-bond acceptors (Lipinski definition) is 15. The first-order valence-corrected chi connectivity index (χ1v) is 26.5. The molecule has 0 saturated heterocycles. The van der Waals surface area contributed by atoms with Gasteiger partial charge in [-0.3, -0.25) is 38.4 Å². The topological polar surface area (TPSA) is 357 Å². The van der Waals surface area contributed by atoms with Crippen LogP contribution in [-0.2, 0) is 62.4 Å². The molecule has 416 valence electrons. The van der Waals surface area contributed by atoms with Crippen molar-refractivity contribution in [3.8, 4) is 11.5 Å². The summed E-state index contributed by atoms with van der Waals surface area (Å²) < 4.78 is 0. The Hall–Kier alpha value is -7.08. The van der Waals surface area contributed by atoms with Crippen LogP contribution in [0.2, 0.25) is 0 Å². The summed E-state index contributed by atoms with van der Waals surface area (Å²) in [6.45, 7) is 6.73. The maximum atomic E-state index is 14.1. The van der Waals surface area contributed by atoms with E-state index in [4.69, 9.17) is 5.73 Å². The Kier molecular flexibility index (Phi) is 26.9. The van der Waals surface area contributed by atoms with Gasteiger partial charge in [0, 0.05) is 12.8 Å². The number of aldehydes is 1. The fraction of sp³-hybridized carbons (Fsp3) is 0.491. The number of carbonyl (C=O) groups is 9. The first-order chi connectivity index (χ1) is 36.1. The lowest BCUT2D eigenvalue weighted by molar-refractivity contribution is -0.136. The Bertz CT molecular complexity index is 2380. The van der Waals surface area contributed by atoms with Gasteiger partial charge < -0.3 is 73.5 Å². The molecular weight excluding hydrogens is 1000 g/mol. The third kappa shape index (κ3) is 21.6. The van der Waals surface area contributed by atoms with Gasteiger partial charge in [-0.05, 0) is 91.0 Å². The largest absolute Gasteiger partial charge is 0.508 e. The number of phenolic OH excluding ortho intramolecular Hbond substituents is 2. The molecule has 0 spiro atoms. The van der Waals surface area contributed by atoms with E-state index in [1.807, 2.05) is 25.1 Å². The summed E-state index contributed by atoms with van der Waals surface area (Å²) in [6, 6.07) is 10.3. The molecule has 0 radical (unpaired) electrons. The minimum Gasteiger partial charge on any atom is -0.508 e. The van der Waals surface area contributed by atoms with E-state index in [-0.39, 0.29) is 49.5 Å². The third-order valence-electron chi connectivity index (χ3n) is 12.3. The second-order valence-electron chi connectivity index (χ2n) is 19.0. The van der Waals surface area contributed by atoms with E-state index >= 15 is 0 Å². The highest BCUT2D eigenvalue weighted by molar-refractivity contribution is 7.98. The van der Waals surface area contributed by atoms with Gasteiger partial charge in [0.2, 0.25) is 47.3 Å². The number of thioether (sulfide) groups is 1. The van der Waals surface area contributed by atoms with Crippen molar-refractivity contribution in [3.63, 3.8) is 0 Å². The average Bonchev–Trinajstić information content (AvgIpc) is 3.39. The Balaban J connectivity index is 1.78. The SMILES string of the molecule is CC[C@H](C)[C@H](NC(=O)[C@H](Cc1ccc(O)cc1)NC(=O)CNC(=O)[C@H](CC(C)C)NC(=O)[C@H](CO)NC(=O)[C@H](Cc1ccc(O)cc1)NC(=O)[C@H](CCSC)NC(=O)[C@@H](N)[C@@H](C)O)C(=O)N[C@H](C=O)Cc1ccccc1. The summed E-state index contributed by atoms with van der Waals surface area (Å²) >= 11 is 1.38. The molecule has 0 aliphatic rings. The molecule has 76 heavy (non-hydrogen) atoms. The molecule has 3 rings (SSSR count). The van der Waals surface area contributed by atoms with Crippen LogP contribution in [-0.4, -0.2) is 154 Å². The van der Waals surface area contributed by atoms with Gasteiger partial charge in [-0.2, -0.15) is 11.8 Å². The van der Waals surface area contributed by atoms with Gasteiger partial charge in [-0.25, -0.2) is 0 Å². The zero-order chi connectivity index (χ0) is 56.5. The van der Waals surface area contributed by atoms with Crippen molar-refractivity contribution in [2.75, 3.05) is 25.2 Å². The van der Waals surface area contributed by atoms with Gasteiger partial charge >= 0.3 is 0 Å². The number of benzene rings is 3. The van der Waals surface area contributed by atoms with Gasteiger partial charge in [0.15, 0.2) is 0 Å². The van der Waals surface area contributed by atoms with Gasteiger partial charge in [0.05, 0.1) is 25.3 Å². The number of hydrogen-bond donors (Lipinski definition) is 13. The summed E-state index contributed by atoms with van der Waals surface area (Å²) in [4.78, 5) is 121. The number of aliphatic hydroxyl groups is 2. The maximum absolute atomic E-state index is 14.1. The Morgan fingerprint density at radius 3 is 1.59 bits per heavy atom. The van der Waals surface area contributed by atoms with E-state index in [1.54, 1.807) is 39.2 Å². The van der Waals surface area contributed by atoms with Crippen molar-refractivity contribution in [1.82, 2.24) is 42.5 Å². The van der Waals surface area contributed by atoms with E-state index in [9.17, 15) is 63.6 Å². The van der Waals surface area contributed by atoms with Gasteiger partial charge in [-0.1, -0.05) is 88.7 Å². The molecule has 0 aliphatic carbocycles. The van der Waals surface area contributed by atoms with Crippen LogP contribution >= 0.6 is 11.8 Å². The van der Waals surface area contributed by atoms with Crippen molar-refractivity contribution in [2.24, 2.45) is 17.6 Å². The molecule has 8 amide bonds. The molecule has 0 bridgehead atoms. The Labute approximate surface area is 447 Å². The first-order valence-electron chi connectivity index (χ1n) is 25.1. The minimum atomic E-state index is -1.68. The van der Waals surface area contributed by atoms with Crippen molar-refractivity contribution in [2.45, 2.75) is 128 Å². The zero-order valence-corrected chi connectivity index (χ0v) is 44.6. The summed E-state index contributed by atoms with van der Waals surface area (Å²) in [5, 5.41) is 60.6. The number of aromatic hydroxyl groups is 2. The number of carbonyl (C=O) groups excluding carboxylic acids is 9. The highest BCUT2D eigenvalue weighted by atomic mass is 32.2. The average molecular weight is 1080 g/mol. The van der Waals surface area contributed by atoms with Crippen LogP contribution in [0, 0.1) is 11.8 Å². The third-order valence-corrected chi connectivity index (χ3v) is 12.9. The fourth-order valence-electron chi connectivity index (χ4n) is 7.62. The number of nitrogens with one attached hydrogen (secondary N) is 8. The quantitative estimate of drug-likeness (QED) is 0.0347. The molecule has 23 heteroatoms. The first kappa shape index (κ1) is 63.2. The second kappa shape index (κ2) is 32.4. The van der Waals surface area contributed by atoms with Crippen LogP contribution in [0.25, 0.3) is 0 Å². The van der Waals surface area contributed by atoms with Crippen molar-refractivity contribution in [1.29, 1.82) is 0 Å². The molecule has 3 aromatic rings. The molecular formula is C53H75N9O13S. The second-order valence-corrected chi connectivity index (χ2v) is 20.0. The van der Waals surface area contributed by atoms with Crippen LogP contribution in [0.3, 0.4) is 0 Å². The highest BCUT2D eigenvalue weighted by Crippen LogP contribution is 2.16. The lowest BCUT2D eigenvalue weighted by Crippen LogP contribution is -2.60. The Morgan fingerprint density at radius 1 is 0.592 bits per heavy atom. The standard InChI is InChI=1S/C53H75N9O13S/c1-7-31(4)46(53(75)56-36(28-63)24-33-11-9-8-10-12-33)62-50(72)41(25-34-13-17-37(66)18-14-34)57-44(68)27-55-47(69)40(23-30(2)3)59-51(73)43(29-64)61-49(71)42(26-35-15-19-38(67)20-16-35)60-48(70)39(21-22-76-6)58-52(74)45(54)32(5)65/h8-20,28,30-32,36,39-43,45-46,64-67H,7,21-27,29,54H2,1-6H3,(H,55,69)(H,56,75)(H,57,68)(H,58,74)(H,59,73)(H,60,70)(H,61,71)(H,62,72)/t31-,32+,36-,39-,40-,41-,42-,43-,45-,46-/m0/s1.